The Hall–Kier alpha value is -1.87. The summed E-state index contributed by atoms with van der Waals surface area (Å²) in [6, 6.07) is 9.13. The number of benzene rings is 1. The lowest BCUT2D eigenvalue weighted by Gasteiger charge is -2.27. The third kappa shape index (κ3) is 9.45. The molecule has 8 nitrogen and oxygen atoms in total. The Morgan fingerprint density at radius 1 is 1.10 bits per heavy atom. The zero-order chi connectivity index (χ0) is 20.2. The molecule has 0 bridgehead atoms. The van der Waals surface area contributed by atoms with Crippen LogP contribution in [0, 0.1) is 0 Å². The highest BCUT2D eigenvalue weighted by atomic mass is 35.5. The number of nitrogens with two attached hydrogens (primary N) is 1. The van der Waals surface area contributed by atoms with Crippen molar-refractivity contribution in [3.63, 3.8) is 0 Å². The van der Waals surface area contributed by atoms with Crippen molar-refractivity contribution in [3.05, 3.63) is 35.9 Å². The van der Waals surface area contributed by atoms with Gasteiger partial charge < -0.3 is 31.1 Å². The molecule has 1 fully saturated rings. The molecule has 0 saturated carbocycles. The van der Waals surface area contributed by atoms with Gasteiger partial charge in [0.25, 0.3) is 0 Å². The van der Waals surface area contributed by atoms with E-state index in [0.717, 1.165) is 18.4 Å². The fourth-order valence-corrected chi connectivity index (χ4v) is 3.01. The Balaban J connectivity index is 0.00000420. The van der Waals surface area contributed by atoms with Crippen molar-refractivity contribution in [1.29, 1.82) is 0 Å². The lowest BCUT2D eigenvalue weighted by atomic mass is 10.0. The number of aliphatic hydroxyl groups excluding tert-OH is 1. The van der Waals surface area contributed by atoms with E-state index in [9.17, 15) is 14.7 Å². The van der Waals surface area contributed by atoms with E-state index in [0.29, 0.717) is 52.2 Å². The lowest BCUT2D eigenvalue weighted by molar-refractivity contribution is -0.130. The monoisotopic (exact) mass is 428 g/mol. The Labute approximate surface area is 178 Å². The van der Waals surface area contributed by atoms with Crippen molar-refractivity contribution in [2.75, 3.05) is 39.4 Å². The van der Waals surface area contributed by atoms with Crippen LogP contribution >= 0.6 is 12.4 Å². The first-order valence-corrected chi connectivity index (χ1v) is 9.93. The van der Waals surface area contributed by atoms with Gasteiger partial charge >= 0.3 is 6.03 Å². The molecule has 3 amide bonds. The zero-order valence-corrected chi connectivity index (χ0v) is 17.5. The minimum Gasteiger partial charge on any atom is -0.382 e. The smallest absolute Gasteiger partial charge is 0.317 e. The summed E-state index contributed by atoms with van der Waals surface area (Å²) in [7, 11) is 0. The van der Waals surface area contributed by atoms with Gasteiger partial charge in [-0.2, -0.15) is 0 Å². The second kappa shape index (κ2) is 14.2. The molecular formula is C20H33ClN4O4. The molecule has 164 valence electrons. The minimum absolute atomic E-state index is 0. The van der Waals surface area contributed by atoms with Crippen LogP contribution in [-0.2, 0) is 16.0 Å². The number of aliphatic hydroxyl groups is 1. The normalized spacial score (nSPS) is 15.7. The average molecular weight is 429 g/mol. The predicted octanol–water partition coefficient (Wildman–Crippen LogP) is 0.667. The molecule has 1 heterocycles. The number of morpholine rings is 1. The minimum atomic E-state index is -1.22. The summed E-state index contributed by atoms with van der Waals surface area (Å²) in [6.07, 6.45) is 1.46. The molecular weight excluding hydrogens is 396 g/mol. The van der Waals surface area contributed by atoms with Crippen molar-refractivity contribution in [2.24, 2.45) is 5.73 Å². The average Bonchev–Trinajstić information content (AvgIpc) is 2.74. The Kier molecular flexibility index (Phi) is 12.3. The highest BCUT2D eigenvalue weighted by molar-refractivity contribution is 5.85. The Morgan fingerprint density at radius 2 is 1.79 bits per heavy atom. The third-order valence-electron chi connectivity index (χ3n) is 4.77. The van der Waals surface area contributed by atoms with Gasteiger partial charge in [-0.05, 0) is 24.8 Å². The number of nitrogens with zero attached hydrogens (tertiary/aromatic N) is 1. The number of carbonyl (C=O) groups excluding carboxylic acids is 2. The highest BCUT2D eigenvalue weighted by Crippen LogP contribution is 2.04. The largest absolute Gasteiger partial charge is 0.382 e. The summed E-state index contributed by atoms with van der Waals surface area (Å²) in [5.74, 6) is -0.441. The van der Waals surface area contributed by atoms with Crippen molar-refractivity contribution >= 4 is 24.3 Å². The van der Waals surface area contributed by atoms with Crippen molar-refractivity contribution < 1.29 is 19.4 Å². The van der Waals surface area contributed by atoms with Crippen LogP contribution in [0.5, 0.6) is 0 Å². The standard InChI is InChI=1S/C20H32N4O4.ClH/c21-17(8-4-5-10-23-20(27)24-12-14-28-15-13-24)18(25)19(26)22-11-9-16-6-2-1-3-7-16;/h1-3,6-7,17-18,25H,4-5,8-15,21H2,(H,22,26)(H,23,27);1H/t17-,18+;/m0./s1. The maximum atomic E-state index is 12.0. The lowest BCUT2D eigenvalue weighted by Crippen LogP contribution is -2.47. The molecule has 0 spiro atoms. The van der Waals surface area contributed by atoms with Crippen molar-refractivity contribution in [1.82, 2.24) is 15.5 Å². The van der Waals surface area contributed by atoms with Gasteiger partial charge in [-0.1, -0.05) is 36.8 Å². The number of amides is 3. The predicted molar refractivity (Wildman–Crippen MR) is 114 cm³/mol. The highest BCUT2D eigenvalue weighted by Gasteiger charge is 2.22. The molecule has 0 aromatic heterocycles. The summed E-state index contributed by atoms with van der Waals surface area (Å²) in [5, 5.41) is 15.7. The van der Waals surface area contributed by atoms with Gasteiger partial charge in [0.05, 0.1) is 13.2 Å². The second-order valence-electron chi connectivity index (χ2n) is 6.96. The van der Waals surface area contributed by atoms with Gasteiger partial charge in [-0.25, -0.2) is 4.79 Å². The van der Waals surface area contributed by atoms with Gasteiger partial charge in [0.1, 0.15) is 6.10 Å². The number of ether oxygens (including phenoxy) is 1. The number of unbranched alkanes of at least 4 members (excludes halogenated alkanes) is 1. The van der Waals surface area contributed by atoms with Crippen LogP contribution in [0.25, 0.3) is 0 Å². The molecule has 1 aromatic carbocycles. The zero-order valence-electron chi connectivity index (χ0n) is 16.7. The number of halogens is 1. The van der Waals surface area contributed by atoms with Crippen LogP contribution in [0.1, 0.15) is 24.8 Å². The van der Waals surface area contributed by atoms with Crippen molar-refractivity contribution in [2.45, 2.75) is 37.8 Å². The molecule has 9 heteroatoms. The summed E-state index contributed by atoms with van der Waals surface area (Å²) in [6.45, 7) is 3.38. The number of urea groups is 1. The maximum Gasteiger partial charge on any atom is 0.317 e. The van der Waals surface area contributed by atoms with Gasteiger partial charge in [0.15, 0.2) is 0 Å². The number of nitrogens with one attached hydrogen (secondary N) is 2. The first-order chi connectivity index (χ1) is 13.6. The van der Waals surface area contributed by atoms with Crippen LogP contribution in [-0.4, -0.2) is 73.5 Å². The SMILES string of the molecule is Cl.N[C@@H](CCCCNC(=O)N1CCOCC1)[C@@H](O)C(=O)NCCc1ccccc1. The molecule has 0 aliphatic carbocycles. The first kappa shape index (κ1) is 25.2. The second-order valence-corrected chi connectivity index (χ2v) is 6.96. The molecule has 1 aliphatic rings. The van der Waals surface area contributed by atoms with Gasteiger partial charge in [0, 0.05) is 32.2 Å². The molecule has 2 rings (SSSR count). The van der Waals surface area contributed by atoms with E-state index >= 15 is 0 Å². The molecule has 0 unspecified atom stereocenters. The Bertz CT molecular complexity index is 599. The van der Waals surface area contributed by atoms with Crippen LogP contribution in [0.3, 0.4) is 0 Å². The van der Waals surface area contributed by atoms with E-state index in [1.807, 2.05) is 30.3 Å². The van der Waals surface area contributed by atoms with Crippen LogP contribution < -0.4 is 16.4 Å². The van der Waals surface area contributed by atoms with E-state index in [1.165, 1.54) is 0 Å². The first-order valence-electron chi connectivity index (χ1n) is 9.93. The van der Waals surface area contributed by atoms with Crippen molar-refractivity contribution in [3.8, 4) is 0 Å². The van der Waals surface area contributed by atoms with E-state index in [-0.39, 0.29) is 18.4 Å². The molecule has 5 N–H and O–H groups in total. The summed E-state index contributed by atoms with van der Waals surface area (Å²) in [5.41, 5.74) is 7.07. The molecule has 2 atom stereocenters. The number of carbonyl (C=O) groups is 2. The van der Waals surface area contributed by atoms with E-state index < -0.39 is 18.1 Å². The van der Waals surface area contributed by atoms with Gasteiger partial charge in [-0.15, -0.1) is 12.4 Å². The number of hydrogen-bond donors (Lipinski definition) is 4. The van der Waals surface area contributed by atoms with E-state index in [1.54, 1.807) is 4.90 Å². The van der Waals surface area contributed by atoms with Crippen LogP contribution in [0.15, 0.2) is 30.3 Å². The van der Waals surface area contributed by atoms with Crippen LogP contribution in [0.2, 0.25) is 0 Å². The Morgan fingerprint density at radius 3 is 2.48 bits per heavy atom. The summed E-state index contributed by atoms with van der Waals surface area (Å²) < 4.78 is 5.22. The molecule has 1 aliphatic heterocycles. The van der Waals surface area contributed by atoms with Crippen LogP contribution in [0.4, 0.5) is 4.79 Å². The third-order valence-corrected chi connectivity index (χ3v) is 4.77. The fraction of sp³-hybridized carbons (Fsp3) is 0.600. The molecule has 0 radical (unpaired) electrons. The fourth-order valence-electron chi connectivity index (χ4n) is 3.01. The van der Waals surface area contributed by atoms with Gasteiger partial charge in [-0.3, -0.25) is 4.79 Å². The molecule has 1 aromatic rings. The summed E-state index contributed by atoms with van der Waals surface area (Å²) >= 11 is 0. The topological polar surface area (TPSA) is 117 Å². The summed E-state index contributed by atoms with van der Waals surface area (Å²) in [4.78, 5) is 25.7. The number of hydrogen-bond acceptors (Lipinski definition) is 5. The molecule has 1 saturated heterocycles. The number of rotatable bonds is 10. The van der Waals surface area contributed by atoms with E-state index in [2.05, 4.69) is 10.6 Å². The maximum absolute atomic E-state index is 12.0. The quantitative estimate of drug-likeness (QED) is 0.408. The van der Waals surface area contributed by atoms with Gasteiger partial charge in [0.2, 0.25) is 5.91 Å². The van der Waals surface area contributed by atoms with E-state index in [4.69, 9.17) is 10.5 Å². The molecule has 29 heavy (non-hydrogen) atoms.